The highest BCUT2D eigenvalue weighted by Gasteiger charge is 2.47. The van der Waals surface area contributed by atoms with Gasteiger partial charge in [-0.1, -0.05) is 54.1 Å². The van der Waals surface area contributed by atoms with Crippen molar-refractivity contribution in [2.75, 3.05) is 31.6 Å². The van der Waals surface area contributed by atoms with Gasteiger partial charge in [-0.2, -0.15) is 0 Å². The van der Waals surface area contributed by atoms with Gasteiger partial charge in [-0.3, -0.25) is 14.9 Å². The van der Waals surface area contributed by atoms with Crippen LogP contribution in [0.1, 0.15) is 24.3 Å². The minimum absolute atomic E-state index is 0.101. The van der Waals surface area contributed by atoms with Gasteiger partial charge in [-0.05, 0) is 35.9 Å². The number of aromatic nitrogens is 1. The summed E-state index contributed by atoms with van der Waals surface area (Å²) < 4.78 is 5.65. The van der Waals surface area contributed by atoms with Crippen LogP contribution >= 0.6 is 11.6 Å². The van der Waals surface area contributed by atoms with Gasteiger partial charge in [-0.25, -0.2) is 9.78 Å². The SMILES string of the molecule is NCC(=O)N1CCC(COC(=O)Nc2cc3ccccc3cn2)(C(C(N)=O)c2ccccc2Cl)CC1. The van der Waals surface area contributed by atoms with Crippen molar-refractivity contribution in [3.63, 3.8) is 0 Å². The molecule has 0 saturated carbocycles. The molecule has 1 atom stereocenters. The highest BCUT2D eigenvalue weighted by atomic mass is 35.5. The second kappa shape index (κ2) is 10.9. The Hall–Kier alpha value is -3.69. The van der Waals surface area contributed by atoms with E-state index in [0.29, 0.717) is 42.3 Å². The standard InChI is InChI=1S/C26H28ClN5O4/c27-20-8-4-3-7-19(20)23(24(29)34)26(9-11-32(12-10-26)22(33)14-28)16-36-25(35)31-21-13-17-5-1-2-6-18(17)15-30-21/h1-8,13,15,23H,9-12,14,16,28H2,(H2,29,34)(H,30,31,35). The molecule has 1 aliphatic heterocycles. The van der Waals surface area contributed by atoms with Crippen molar-refractivity contribution < 1.29 is 19.1 Å². The molecule has 3 aromatic rings. The number of amides is 3. The molecule has 2 aromatic carbocycles. The van der Waals surface area contributed by atoms with E-state index in [1.807, 2.05) is 24.3 Å². The topological polar surface area (TPSA) is 141 Å². The van der Waals surface area contributed by atoms with E-state index in [0.717, 1.165) is 10.8 Å². The van der Waals surface area contributed by atoms with Gasteiger partial charge >= 0.3 is 6.09 Å². The maximum absolute atomic E-state index is 12.8. The number of carbonyl (C=O) groups is 3. The number of carbonyl (C=O) groups excluding carboxylic acids is 3. The highest BCUT2D eigenvalue weighted by Crippen LogP contribution is 2.46. The number of nitrogens with one attached hydrogen (secondary N) is 1. The van der Waals surface area contributed by atoms with Crippen LogP contribution in [0.5, 0.6) is 0 Å². The molecule has 1 unspecified atom stereocenters. The van der Waals surface area contributed by atoms with Gasteiger partial charge < -0.3 is 21.1 Å². The number of ether oxygens (including phenoxy) is 1. The lowest BCUT2D eigenvalue weighted by atomic mass is 9.66. The van der Waals surface area contributed by atoms with Gasteiger partial charge in [0.2, 0.25) is 11.8 Å². The molecule has 9 nitrogen and oxygen atoms in total. The number of hydrogen-bond donors (Lipinski definition) is 3. The largest absolute Gasteiger partial charge is 0.449 e. The van der Waals surface area contributed by atoms with Gasteiger partial charge in [0, 0.05) is 35.1 Å². The lowest BCUT2D eigenvalue weighted by Crippen LogP contribution is -2.51. The Kier molecular flexibility index (Phi) is 7.71. The summed E-state index contributed by atoms with van der Waals surface area (Å²) in [6.45, 7) is 0.493. The molecule has 188 valence electrons. The van der Waals surface area contributed by atoms with E-state index in [9.17, 15) is 14.4 Å². The molecule has 1 aliphatic rings. The molecule has 0 radical (unpaired) electrons. The Bertz CT molecular complexity index is 1280. The Morgan fingerprint density at radius 1 is 1.08 bits per heavy atom. The maximum Gasteiger partial charge on any atom is 0.412 e. The molecule has 10 heteroatoms. The van der Waals surface area contributed by atoms with Crippen molar-refractivity contribution in [3.05, 3.63) is 71.4 Å². The molecule has 2 heterocycles. The zero-order chi connectivity index (χ0) is 25.7. The number of likely N-dealkylation sites (tertiary alicyclic amines) is 1. The van der Waals surface area contributed by atoms with Gasteiger partial charge in [0.25, 0.3) is 0 Å². The lowest BCUT2D eigenvalue weighted by molar-refractivity contribution is -0.134. The second-order valence-corrected chi connectivity index (χ2v) is 9.33. The number of hydrogen-bond acceptors (Lipinski definition) is 6. The van der Waals surface area contributed by atoms with Crippen LogP contribution in [0.15, 0.2) is 60.8 Å². The quantitative estimate of drug-likeness (QED) is 0.446. The van der Waals surface area contributed by atoms with E-state index in [1.165, 1.54) is 0 Å². The van der Waals surface area contributed by atoms with Crippen molar-refractivity contribution in [2.45, 2.75) is 18.8 Å². The van der Waals surface area contributed by atoms with Crippen LogP contribution in [0.3, 0.4) is 0 Å². The zero-order valence-electron chi connectivity index (χ0n) is 19.7. The molecule has 4 rings (SSSR count). The number of benzene rings is 2. The average Bonchev–Trinajstić information content (AvgIpc) is 2.88. The van der Waals surface area contributed by atoms with E-state index < -0.39 is 23.3 Å². The fraction of sp³-hybridized carbons (Fsp3) is 0.308. The second-order valence-electron chi connectivity index (χ2n) is 8.92. The average molecular weight is 510 g/mol. The van der Waals surface area contributed by atoms with E-state index in [2.05, 4.69) is 10.3 Å². The number of pyridine rings is 1. The van der Waals surface area contributed by atoms with Crippen LogP contribution in [0.2, 0.25) is 5.02 Å². The molecule has 1 saturated heterocycles. The van der Waals surface area contributed by atoms with E-state index >= 15 is 0 Å². The van der Waals surface area contributed by atoms with Gasteiger partial charge in [-0.15, -0.1) is 0 Å². The third-order valence-electron chi connectivity index (χ3n) is 6.75. The van der Waals surface area contributed by atoms with Crippen LogP contribution in [0.4, 0.5) is 10.6 Å². The zero-order valence-corrected chi connectivity index (χ0v) is 20.4. The van der Waals surface area contributed by atoms with E-state index in [4.69, 9.17) is 27.8 Å². The molecule has 1 fully saturated rings. The molecular weight excluding hydrogens is 482 g/mol. The van der Waals surface area contributed by atoms with Crippen LogP contribution < -0.4 is 16.8 Å². The first-order valence-electron chi connectivity index (χ1n) is 11.6. The lowest BCUT2D eigenvalue weighted by Gasteiger charge is -2.45. The molecule has 0 bridgehead atoms. The molecule has 3 amide bonds. The summed E-state index contributed by atoms with van der Waals surface area (Å²) in [5, 5.41) is 4.91. The van der Waals surface area contributed by atoms with Crippen molar-refractivity contribution in [3.8, 4) is 0 Å². The first-order chi connectivity index (χ1) is 17.3. The van der Waals surface area contributed by atoms with Gasteiger partial charge in [0.15, 0.2) is 0 Å². The van der Waals surface area contributed by atoms with Crippen LogP contribution in [-0.2, 0) is 14.3 Å². The fourth-order valence-corrected chi connectivity index (χ4v) is 5.09. The Labute approximate surface area is 213 Å². The summed E-state index contributed by atoms with van der Waals surface area (Å²) in [6.07, 6.45) is 1.70. The summed E-state index contributed by atoms with van der Waals surface area (Å²) in [4.78, 5) is 43.6. The summed E-state index contributed by atoms with van der Waals surface area (Å²) in [6, 6.07) is 16.4. The maximum atomic E-state index is 12.8. The van der Waals surface area contributed by atoms with Crippen molar-refractivity contribution in [1.29, 1.82) is 0 Å². The van der Waals surface area contributed by atoms with Crippen LogP contribution in [0.25, 0.3) is 10.8 Å². The number of fused-ring (bicyclic) bond motifs is 1. The normalized spacial score (nSPS) is 15.8. The summed E-state index contributed by atoms with van der Waals surface area (Å²) in [5.74, 6) is -1.25. The summed E-state index contributed by atoms with van der Waals surface area (Å²) >= 11 is 6.45. The molecule has 5 N–H and O–H groups in total. The van der Waals surface area contributed by atoms with Crippen molar-refractivity contribution >= 4 is 46.1 Å². The number of halogens is 1. The van der Waals surface area contributed by atoms with Gasteiger partial charge in [0.05, 0.1) is 12.5 Å². The Morgan fingerprint density at radius 3 is 2.42 bits per heavy atom. The minimum Gasteiger partial charge on any atom is -0.449 e. The Balaban J connectivity index is 1.56. The number of piperidine rings is 1. The third-order valence-corrected chi connectivity index (χ3v) is 7.10. The van der Waals surface area contributed by atoms with Crippen LogP contribution in [-0.4, -0.2) is 54.0 Å². The third kappa shape index (κ3) is 5.42. The Morgan fingerprint density at radius 2 is 1.75 bits per heavy atom. The van der Waals surface area contributed by atoms with Crippen molar-refractivity contribution in [2.24, 2.45) is 16.9 Å². The van der Waals surface area contributed by atoms with Crippen molar-refractivity contribution in [1.82, 2.24) is 9.88 Å². The van der Waals surface area contributed by atoms with Crippen LogP contribution in [0, 0.1) is 5.41 Å². The molecule has 1 aromatic heterocycles. The van der Waals surface area contributed by atoms with Gasteiger partial charge in [0.1, 0.15) is 12.4 Å². The monoisotopic (exact) mass is 509 g/mol. The fourth-order valence-electron chi connectivity index (χ4n) is 4.84. The first-order valence-corrected chi connectivity index (χ1v) is 12.0. The predicted octanol–water partition coefficient (Wildman–Crippen LogP) is 3.27. The first kappa shape index (κ1) is 25.4. The number of nitrogens with zero attached hydrogens (tertiary/aromatic N) is 2. The summed E-state index contributed by atoms with van der Waals surface area (Å²) in [5.41, 5.74) is 11.1. The predicted molar refractivity (Wildman–Crippen MR) is 137 cm³/mol. The molecule has 36 heavy (non-hydrogen) atoms. The highest BCUT2D eigenvalue weighted by molar-refractivity contribution is 6.31. The number of rotatable bonds is 7. The molecular formula is C26H28ClN5O4. The number of anilines is 1. The summed E-state index contributed by atoms with van der Waals surface area (Å²) in [7, 11) is 0. The number of nitrogens with two attached hydrogens (primary N) is 2. The minimum atomic E-state index is -0.865. The smallest absolute Gasteiger partial charge is 0.412 e. The number of primary amides is 1. The van der Waals surface area contributed by atoms with E-state index in [-0.39, 0.29) is 19.1 Å². The van der Waals surface area contributed by atoms with E-state index in [1.54, 1.807) is 41.4 Å². The molecule has 0 spiro atoms. The molecule has 0 aliphatic carbocycles.